The summed E-state index contributed by atoms with van der Waals surface area (Å²) < 4.78 is 25.9. The van der Waals surface area contributed by atoms with Crippen molar-refractivity contribution in [3.63, 3.8) is 0 Å². The zero-order chi connectivity index (χ0) is 19.5. The summed E-state index contributed by atoms with van der Waals surface area (Å²) in [5, 5.41) is 2.77. The lowest BCUT2D eigenvalue weighted by molar-refractivity contribution is -0.114. The lowest BCUT2D eigenvalue weighted by Crippen LogP contribution is -2.38. The van der Waals surface area contributed by atoms with Crippen molar-refractivity contribution in [1.29, 1.82) is 0 Å². The molecule has 2 aromatic rings. The van der Waals surface area contributed by atoms with Crippen LogP contribution in [0.5, 0.6) is 0 Å². The van der Waals surface area contributed by atoms with E-state index in [1.165, 1.54) is 9.87 Å². The van der Waals surface area contributed by atoms with Crippen molar-refractivity contribution >= 4 is 27.3 Å². The minimum Gasteiger partial charge on any atom is -0.325 e. The quantitative estimate of drug-likeness (QED) is 0.840. The number of nitrogens with one attached hydrogen (secondary N) is 1. The van der Waals surface area contributed by atoms with E-state index in [1.807, 2.05) is 57.2 Å². The Bertz CT molecular complexity index is 880. The molecule has 0 unspecified atom stereocenters. The maximum Gasteiger partial charge on any atom is 0.245 e. The number of carbonyl (C=O) groups excluding carboxylic acids is 1. The van der Waals surface area contributed by atoms with E-state index in [-0.39, 0.29) is 12.5 Å². The first-order chi connectivity index (χ1) is 12.1. The lowest BCUT2D eigenvalue weighted by atomic mass is 10.1. The van der Waals surface area contributed by atoms with Crippen LogP contribution in [-0.2, 0) is 21.2 Å². The molecule has 0 spiro atoms. The van der Waals surface area contributed by atoms with Gasteiger partial charge in [0.2, 0.25) is 15.9 Å². The van der Waals surface area contributed by atoms with Gasteiger partial charge in [-0.2, -0.15) is 0 Å². The fourth-order valence-corrected chi connectivity index (χ4v) is 4.05. The van der Waals surface area contributed by atoms with E-state index in [2.05, 4.69) is 12.2 Å². The number of rotatable bonds is 6. The van der Waals surface area contributed by atoms with Gasteiger partial charge in [0.1, 0.15) is 6.54 Å². The normalized spacial score (nSPS) is 11.3. The van der Waals surface area contributed by atoms with Gasteiger partial charge in [-0.25, -0.2) is 8.42 Å². The Hall–Kier alpha value is -2.34. The van der Waals surface area contributed by atoms with E-state index in [0.29, 0.717) is 11.4 Å². The van der Waals surface area contributed by atoms with Crippen LogP contribution in [0, 0.1) is 20.8 Å². The van der Waals surface area contributed by atoms with E-state index in [4.69, 9.17) is 0 Å². The summed E-state index contributed by atoms with van der Waals surface area (Å²) in [6.07, 6.45) is 2.04. The third kappa shape index (κ3) is 4.85. The van der Waals surface area contributed by atoms with Gasteiger partial charge in [0.25, 0.3) is 0 Å². The highest BCUT2D eigenvalue weighted by Gasteiger charge is 2.24. The average Bonchev–Trinajstić information content (AvgIpc) is 2.53. The van der Waals surface area contributed by atoms with Crippen molar-refractivity contribution < 1.29 is 13.2 Å². The number of benzene rings is 2. The smallest absolute Gasteiger partial charge is 0.245 e. The van der Waals surface area contributed by atoms with Crippen LogP contribution >= 0.6 is 0 Å². The van der Waals surface area contributed by atoms with Crippen LogP contribution in [0.3, 0.4) is 0 Å². The molecular formula is C20H26N2O3S. The van der Waals surface area contributed by atoms with Crippen LogP contribution < -0.4 is 9.62 Å². The second-order valence-electron chi connectivity index (χ2n) is 6.62. The molecule has 1 N–H and O–H groups in total. The molecule has 0 saturated carbocycles. The monoisotopic (exact) mass is 374 g/mol. The Morgan fingerprint density at radius 2 is 1.58 bits per heavy atom. The molecule has 2 aromatic carbocycles. The van der Waals surface area contributed by atoms with Gasteiger partial charge >= 0.3 is 0 Å². The van der Waals surface area contributed by atoms with Gasteiger partial charge in [-0.1, -0.05) is 36.8 Å². The summed E-state index contributed by atoms with van der Waals surface area (Å²) in [6.45, 7) is 7.47. The van der Waals surface area contributed by atoms with Crippen molar-refractivity contribution in [2.75, 3.05) is 22.4 Å². The lowest BCUT2D eigenvalue weighted by Gasteiger charge is -2.26. The first-order valence-electron chi connectivity index (χ1n) is 8.56. The Morgan fingerprint density at radius 3 is 2.04 bits per heavy atom. The summed E-state index contributed by atoms with van der Waals surface area (Å²) in [7, 11) is -3.60. The average molecular weight is 375 g/mol. The predicted molar refractivity (Wildman–Crippen MR) is 107 cm³/mol. The topological polar surface area (TPSA) is 66.5 Å². The zero-order valence-electron chi connectivity index (χ0n) is 16.0. The number of hydrogen-bond acceptors (Lipinski definition) is 3. The minimum atomic E-state index is -3.60. The highest BCUT2D eigenvalue weighted by Crippen LogP contribution is 2.28. The fourth-order valence-electron chi connectivity index (χ4n) is 3.08. The van der Waals surface area contributed by atoms with E-state index in [1.54, 1.807) is 0 Å². The van der Waals surface area contributed by atoms with Crippen molar-refractivity contribution in [3.05, 3.63) is 58.7 Å². The number of anilines is 2. The van der Waals surface area contributed by atoms with Crippen LogP contribution in [0.2, 0.25) is 0 Å². The SMILES string of the molecule is CCc1ccc(NC(=O)CN(c2c(C)cc(C)cc2C)S(C)(=O)=O)cc1. The number of sulfonamides is 1. The summed E-state index contributed by atoms with van der Waals surface area (Å²) in [5.74, 6) is -0.376. The highest BCUT2D eigenvalue weighted by molar-refractivity contribution is 7.92. The molecule has 0 radical (unpaired) electrons. The molecule has 0 atom stereocenters. The molecule has 2 rings (SSSR count). The summed E-state index contributed by atoms with van der Waals surface area (Å²) in [6, 6.07) is 11.4. The highest BCUT2D eigenvalue weighted by atomic mass is 32.2. The first kappa shape index (κ1) is 20.0. The van der Waals surface area contributed by atoms with E-state index in [0.717, 1.165) is 29.4 Å². The number of nitrogens with zero attached hydrogens (tertiary/aromatic N) is 1. The van der Waals surface area contributed by atoms with Crippen LogP contribution in [0.15, 0.2) is 36.4 Å². The molecule has 0 saturated heterocycles. The fraction of sp³-hybridized carbons (Fsp3) is 0.350. The largest absolute Gasteiger partial charge is 0.325 e. The second kappa shape index (κ2) is 7.91. The van der Waals surface area contributed by atoms with Crippen molar-refractivity contribution in [1.82, 2.24) is 0 Å². The maximum atomic E-state index is 12.5. The summed E-state index contributed by atoms with van der Waals surface area (Å²) >= 11 is 0. The van der Waals surface area contributed by atoms with Gasteiger partial charge in [0, 0.05) is 5.69 Å². The maximum absolute atomic E-state index is 12.5. The van der Waals surface area contributed by atoms with Gasteiger partial charge in [0.05, 0.1) is 11.9 Å². The third-order valence-electron chi connectivity index (χ3n) is 4.22. The van der Waals surface area contributed by atoms with Gasteiger partial charge in [-0.15, -0.1) is 0 Å². The molecule has 0 heterocycles. The number of hydrogen-bond donors (Lipinski definition) is 1. The van der Waals surface area contributed by atoms with Gasteiger partial charge < -0.3 is 5.32 Å². The molecule has 0 aromatic heterocycles. The van der Waals surface area contributed by atoms with E-state index >= 15 is 0 Å². The number of aryl methyl sites for hydroxylation is 4. The summed E-state index contributed by atoms with van der Waals surface area (Å²) in [4.78, 5) is 12.5. The van der Waals surface area contributed by atoms with Crippen molar-refractivity contribution in [2.24, 2.45) is 0 Å². The van der Waals surface area contributed by atoms with Gasteiger partial charge in [-0.3, -0.25) is 9.10 Å². The van der Waals surface area contributed by atoms with Gasteiger partial charge in [-0.05, 0) is 56.0 Å². The molecule has 140 valence electrons. The Kier molecular flexibility index (Phi) is 6.08. The van der Waals surface area contributed by atoms with Crippen molar-refractivity contribution in [2.45, 2.75) is 34.1 Å². The van der Waals surface area contributed by atoms with Crippen LogP contribution in [-0.4, -0.2) is 27.1 Å². The van der Waals surface area contributed by atoms with Crippen LogP contribution in [0.1, 0.15) is 29.2 Å². The van der Waals surface area contributed by atoms with E-state index in [9.17, 15) is 13.2 Å². The molecule has 0 aliphatic heterocycles. The standard InChI is InChI=1S/C20H26N2O3S/c1-6-17-7-9-18(10-8-17)21-19(23)13-22(26(5,24)25)20-15(3)11-14(2)12-16(20)4/h7-12H,6,13H2,1-5H3,(H,21,23). The molecule has 0 bridgehead atoms. The first-order valence-corrected chi connectivity index (χ1v) is 10.4. The molecule has 0 aliphatic carbocycles. The number of amides is 1. The molecule has 1 amide bonds. The van der Waals surface area contributed by atoms with Gasteiger partial charge in [0.15, 0.2) is 0 Å². The molecular weight excluding hydrogens is 348 g/mol. The van der Waals surface area contributed by atoms with E-state index < -0.39 is 10.0 Å². The molecule has 26 heavy (non-hydrogen) atoms. The van der Waals surface area contributed by atoms with Crippen molar-refractivity contribution in [3.8, 4) is 0 Å². The minimum absolute atomic E-state index is 0.265. The Morgan fingerprint density at radius 1 is 1.04 bits per heavy atom. The summed E-state index contributed by atoms with van der Waals surface area (Å²) in [5.41, 5.74) is 5.10. The second-order valence-corrected chi connectivity index (χ2v) is 8.52. The molecule has 0 aliphatic rings. The third-order valence-corrected chi connectivity index (χ3v) is 5.33. The molecule has 0 fully saturated rings. The van der Waals surface area contributed by atoms with Crippen LogP contribution in [0.25, 0.3) is 0 Å². The number of carbonyl (C=O) groups is 1. The van der Waals surface area contributed by atoms with Crippen LogP contribution in [0.4, 0.5) is 11.4 Å². The Labute approximate surface area is 156 Å². The Balaban J connectivity index is 2.27. The molecule has 5 nitrogen and oxygen atoms in total. The molecule has 6 heteroatoms. The zero-order valence-corrected chi connectivity index (χ0v) is 16.8. The predicted octanol–water partition coefficient (Wildman–Crippen LogP) is 3.58.